The van der Waals surface area contributed by atoms with Crippen molar-refractivity contribution in [2.45, 2.75) is 37.8 Å². The van der Waals surface area contributed by atoms with E-state index in [4.69, 9.17) is 0 Å². The van der Waals surface area contributed by atoms with Crippen LogP contribution in [-0.2, 0) is 21.5 Å². The lowest BCUT2D eigenvalue weighted by Gasteiger charge is -2.40. The Morgan fingerprint density at radius 3 is 2.37 bits per heavy atom. The van der Waals surface area contributed by atoms with Gasteiger partial charge in [0.25, 0.3) is 0 Å². The number of likely N-dealkylation sites (N-methyl/N-ethyl adjacent to an activating group) is 2. The first-order valence-corrected chi connectivity index (χ1v) is 13.7. The van der Waals surface area contributed by atoms with E-state index in [0.717, 1.165) is 54.4 Å². The van der Waals surface area contributed by atoms with Gasteiger partial charge in [0, 0.05) is 33.1 Å². The van der Waals surface area contributed by atoms with Crippen LogP contribution in [0.5, 0.6) is 0 Å². The predicted molar refractivity (Wildman–Crippen MR) is 155 cm³/mol. The summed E-state index contributed by atoms with van der Waals surface area (Å²) in [7, 11) is 7.75. The molecule has 3 atom stereocenters. The smallest absolute Gasteiger partial charge is 0.247 e. The minimum atomic E-state index is -0.983. The van der Waals surface area contributed by atoms with Crippen molar-refractivity contribution in [2.75, 3.05) is 47.8 Å². The van der Waals surface area contributed by atoms with Crippen molar-refractivity contribution < 1.29 is 9.59 Å². The summed E-state index contributed by atoms with van der Waals surface area (Å²) >= 11 is 0. The van der Waals surface area contributed by atoms with Crippen molar-refractivity contribution in [3.05, 3.63) is 83.9 Å². The largest absolute Gasteiger partial charge is 0.341 e. The second-order valence-corrected chi connectivity index (χ2v) is 11.1. The summed E-state index contributed by atoms with van der Waals surface area (Å²) in [5, 5.41) is 5.50. The Hall–Kier alpha value is -3.22. The predicted octanol–water partition coefficient (Wildman–Crippen LogP) is 4.14. The van der Waals surface area contributed by atoms with Crippen molar-refractivity contribution in [2.24, 2.45) is 5.92 Å². The molecule has 1 saturated heterocycles. The summed E-state index contributed by atoms with van der Waals surface area (Å²) in [4.78, 5) is 34.2. The average molecular weight is 515 g/mol. The van der Waals surface area contributed by atoms with Gasteiger partial charge in [0.15, 0.2) is 0 Å². The van der Waals surface area contributed by atoms with E-state index in [-0.39, 0.29) is 11.8 Å². The highest BCUT2D eigenvalue weighted by atomic mass is 16.2. The van der Waals surface area contributed by atoms with Crippen LogP contribution in [0.25, 0.3) is 10.8 Å². The SMILES string of the molecule is CN[C@@](C)(C(=O)N(C)[C@H](Cc1ccccc1)C(=O)N1CCC[C@@H](CN(C)C)C1)c1ccc2ccccc2c1. The van der Waals surface area contributed by atoms with E-state index in [1.54, 1.807) is 11.9 Å². The number of benzene rings is 3. The molecule has 202 valence electrons. The fourth-order valence-electron chi connectivity index (χ4n) is 5.74. The zero-order valence-corrected chi connectivity index (χ0v) is 23.5. The molecular formula is C32H42N4O2. The lowest BCUT2D eigenvalue weighted by Crippen LogP contribution is -2.59. The standard InChI is InChI=1S/C32H42N4O2/c1-32(33-2,28-18-17-26-15-9-10-16-27(26)21-28)31(38)35(5)29(20-24-12-7-6-8-13-24)30(37)36-19-11-14-25(23-36)22-34(3)4/h6-10,12-13,15-18,21,25,29,33H,11,14,19-20,22-23H2,1-5H3/t25-,29+,32+/m0/s1. The number of amides is 2. The van der Waals surface area contributed by atoms with Gasteiger partial charge in [-0.2, -0.15) is 0 Å². The Morgan fingerprint density at radius 2 is 1.68 bits per heavy atom. The van der Waals surface area contributed by atoms with Crippen molar-refractivity contribution in [3.63, 3.8) is 0 Å². The van der Waals surface area contributed by atoms with E-state index in [2.05, 4.69) is 48.6 Å². The molecule has 0 unspecified atom stereocenters. The van der Waals surface area contributed by atoms with Gasteiger partial charge in [-0.25, -0.2) is 0 Å². The highest BCUT2D eigenvalue weighted by molar-refractivity contribution is 5.94. The normalized spacial score (nSPS) is 18.3. The molecule has 1 aliphatic heterocycles. The number of piperidine rings is 1. The maximum absolute atomic E-state index is 14.2. The molecule has 0 saturated carbocycles. The number of hydrogen-bond acceptors (Lipinski definition) is 4. The number of nitrogens with zero attached hydrogens (tertiary/aromatic N) is 3. The summed E-state index contributed by atoms with van der Waals surface area (Å²) in [5.74, 6) is 0.359. The second kappa shape index (κ2) is 12.1. The molecule has 0 radical (unpaired) electrons. The summed E-state index contributed by atoms with van der Waals surface area (Å²) in [6.07, 6.45) is 2.60. The molecule has 0 aromatic heterocycles. The molecule has 1 heterocycles. The molecule has 1 aliphatic rings. The fourth-order valence-corrected chi connectivity index (χ4v) is 5.74. The Labute approximate surface area is 227 Å². The maximum Gasteiger partial charge on any atom is 0.247 e. The summed E-state index contributed by atoms with van der Waals surface area (Å²) in [5.41, 5.74) is 0.943. The van der Waals surface area contributed by atoms with Crippen LogP contribution >= 0.6 is 0 Å². The Morgan fingerprint density at radius 1 is 1.00 bits per heavy atom. The van der Waals surface area contributed by atoms with Gasteiger partial charge in [0.05, 0.1) is 0 Å². The van der Waals surface area contributed by atoms with Crippen molar-refractivity contribution in [1.82, 2.24) is 20.0 Å². The third kappa shape index (κ3) is 6.08. The number of carbonyl (C=O) groups is 2. The molecule has 1 fully saturated rings. The van der Waals surface area contributed by atoms with Gasteiger partial charge in [-0.05, 0) is 74.8 Å². The molecule has 4 rings (SSSR count). The van der Waals surface area contributed by atoms with Gasteiger partial charge in [-0.1, -0.05) is 66.7 Å². The van der Waals surface area contributed by atoms with Crippen molar-refractivity contribution in [3.8, 4) is 0 Å². The molecule has 6 nitrogen and oxygen atoms in total. The van der Waals surface area contributed by atoms with Crippen LogP contribution in [0.4, 0.5) is 0 Å². The van der Waals surface area contributed by atoms with Crippen LogP contribution in [-0.4, -0.2) is 80.4 Å². The quantitative estimate of drug-likeness (QED) is 0.466. The van der Waals surface area contributed by atoms with Crippen LogP contribution in [0.2, 0.25) is 0 Å². The lowest BCUT2D eigenvalue weighted by molar-refractivity contribution is -0.149. The Bertz CT molecular complexity index is 1240. The summed E-state index contributed by atoms with van der Waals surface area (Å²) in [6.45, 7) is 4.35. The van der Waals surface area contributed by atoms with Gasteiger partial charge in [-0.15, -0.1) is 0 Å². The summed E-state index contributed by atoms with van der Waals surface area (Å²) in [6, 6.07) is 23.7. The number of hydrogen-bond donors (Lipinski definition) is 1. The molecule has 2 amide bonds. The van der Waals surface area contributed by atoms with Gasteiger partial charge in [0.2, 0.25) is 11.8 Å². The molecule has 3 aromatic rings. The van der Waals surface area contributed by atoms with Crippen LogP contribution in [0.3, 0.4) is 0 Å². The average Bonchev–Trinajstić information content (AvgIpc) is 2.94. The zero-order valence-electron chi connectivity index (χ0n) is 23.5. The number of likely N-dealkylation sites (tertiary alicyclic amines) is 1. The number of nitrogens with one attached hydrogen (secondary N) is 1. The summed E-state index contributed by atoms with van der Waals surface area (Å²) < 4.78 is 0. The number of fused-ring (bicyclic) bond motifs is 1. The molecule has 1 N–H and O–H groups in total. The van der Waals surface area contributed by atoms with Crippen LogP contribution < -0.4 is 5.32 Å². The molecule has 38 heavy (non-hydrogen) atoms. The van der Waals surface area contributed by atoms with E-state index in [9.17, 15) is 9.59 Å². The fraction of sp³-hybridized carbons (Fsp3) is 0.438. The van der Waals surface area contributed by atoms with Crippen LogP contribution in [0.15, 0.2) is 72.8 Å². The van der Waals surface area contributed by atoms with Gasteiger partial charge in [-0.3, -0.25) is 9.59 Å². The Balaban J connectivity index is 1.64. The van der Waals surface area contributed by atoms with E-state index in [1.165, 1.54) is 0 Å². The van der Waals surface area contributed by atoms with E-state index >= 15 is 0 Å². The number of rotatable bonds is 9. The van der Waals surface area contributed by atoms with Crippen LogP contribution in [0, 0.1) is 5.92 Å². The zero-order chi connectivity index (χ0) is 27.3. The maximum atomic E-state index is 14.2. The number of carbonyl (C=O) groups excluding carboxylic acids is 2. The minimum absolute atomic E-state index is 0.0325. The lowest BCUT2D eigenvalue weighted by atomic mass is 9.88. The van der Waals surface area contributed by atoms with E-state index in [0.29, 0.717) is 12.3 Å². The topological polar surface area (TPSA) is 55.9 Å². The van der Waals surface area contributed by atoms with Gasteiger partial charge < -0.3 is 20.0 Å². The van der Waals surface area contributed by atoms with Crippen LogP contribution in [0.1, 0.15) is 30.9 Å². The second-order valence-electron chi connectivity index (χ2n) is 11.1. The van der Waals surface area contributed by atoms with E-state index in [1.807, 2.05) is 67.4 Å². The van der Waals surface area contributed by atoms with Crippen molar-refractivity contribution in [1.29, 1.82) is 0 Å². The third-order valence-electron chi connectivity index (χ3n) is 8.05. The first-order chi connectivity index (χ1) is 18.2. The minimum Gasteiger partial charge on any atom is -0.341 e. The monoisotopic (exact) mass is 514 g/mol. The first-order valence-electron chi connectivity index (χ1n) is 13.7. The van der Waals surface area contributed by atoms with Gasteiger partial charge in [0.1, 0.15) is 11.6 Å². The third-order valence-corrected chi connectivity index (χ3v) is 8.05. The first kappa shape index (κ1) is 27.8. The molecule has 6 heteroatoms. The molecule has 0 bridgehead atoms. The van der Waals surface area contributed by atoms with E-state index < -0.39 is 11.6 Å². The molecule has 0 aliphatic carbocycles. The van der Waals surface area contributed by atoms with Crippen molar-refractivity contribution >= 4 is 22.6 Å². The van der Waals surface area contributed by atoms with Gasteiger partial charge >= 0.3 is 0 Å². The molecule has 0 spiro atoms. The highest BCUT2D eigenvalue weighted by Crippen LogP contribution is 2.28. The molecule has 3 aromatic carbocycles. The Kier molecular flexibility index (Phi) is 8.85. The molecular weight excluding hydrogens is 472 g/mol. The highest BCUT2D eigenvalue weighted by Gasteiger charge is 2.41.